The number of aliphatic hydroxyl groups excluding tert-OH is 1. The molecule has 0 atom stereocenters. The first-order valence-corrected chi connectivity index (χ1v) is 7.17. The summed E-state index contributed by atoms with van der Waals surface area (Å²) in [5.74, 6) is 0. The second-order valence-electron chi connectivity index (χ2n) is 4.86. The third kappa shape index (κ3) is 3.59. The molecule has 0 spiro atoms. The summed E-state index contributed by atoms with van der Waals surface area (Å²) in [4.78, 5) is 3.04. The van der Waals surface area contributed by atoms with Gasteiger partial charge in [0.15, 0.2) is 0 Å². The van der Waals surface area contributed by atoms with E-state index < -0.39 is 0 Å². The Balaban J connectivity index is 1.90. The molecule has 1 aromatic rings. The molecule has 0 radical (unpaired) electrons. The predicted molar refractivity (Wildman–Crippen MR) is 73.5 cm³/mol. The smallest absolute Gasteiger partial charge is 0.127 e. The minimum Gasteiger partial charge on any atom is -0.391 e. The van der Waals surface area contributed by atoms with Crippen molar-refractivity contribution in [2.45, 2.75) is 6.54 Å². The molecule has 1 aliphatic rings. The van der Waals surface area contributed by atoms with Crippen molar-refractivity contribution in [2.75, 3.05) is 39.3 Å². The maximum atomic E-state index is 8.93. The SMILES string of the molecule is OCC[NH+]1CC[NH+](Cc2cccc(Cl)c2Cl)CC1. The standard InChI is InChI=1S/C13H18Cl2N2O/c14-12-3-1-2-11(13(12)15)10-17-6-4-16(5-7-17)8-9-18/h1-3,18H,4-10H2/p+2. The van der Waals surface area contributed by atoms with E-state index in [1.807, 2.05) is 18.2 Å². The molecule has 1 aliphatic heterocycles. The summed E-state index contributed by atoms with van der Waals surface area (Å²) in [6.07, 6.45) is 0. The molecule has 0 unspecified atom stereocenters. The van der Waals surface area contributed by atoms with Crippen molar-refractivity contribution in [3.8, 4) is 0 Å². The Morgan fingerprint density at radius 2 is 1.72 bits per heavy atom. The van der Waals surface area contributed by atoms with Gasteiger partial charge in [0.2, 0.25) is 0 Å². The van der Waals surface area contributed by atoms with Crippen LogP contribution in [0.15, 0.2) is 18.2 Å². The number of benzene rings is 1. The number of rotatable bonds is 4. The van der Waals surface area contributed by atoms with Crippen molar-refractivity contribution in [1.29, 1.82) is 0 Å². The molecule has 2 rings (SSSR count). The highest BCUT2D eigenvalue weighted by Gasteiger charge is 2.23. The van der Waals surface area contributed by atoms with Crippen LogP contribution in [0.3, 0.4) is 0 Å². The van der Waals surface area contributed by atoms with Crippen molar-refractivity contribution in [3.05, 3.63) is 33.8 Å². The van der Waals surface area contributed by atoms with Crippen LogP contribution in [0.1, 0.15) is 5.56 Å². The predicted octanol–water partition coefficient (Wildman–Crippen LogP) is -0.731. The van der Waals surface area contributed by atoms with E-state index >= 15 is 0 Å². The van der Waals surface area contributed by atoms with Crippen molar-refractivity contribution in [1.82, 2.24) is 0 Å². The second-order valence-corrected chi connectivity index (χ2v) is 5.65. The summed E-state index contributed by atoms with van der Waals surface area (Å²) in [7, 11) is 0. The number of piperazine rings is 1. The minimum absolute atomic E-state index is 0.283. The molecule has 1 aromatic carbocycles. The molecular formula is C13H20Cl2N2O+2. The Morgan fingerprint density at radius 3 is 2.39 bits per heavy atom. The van der Waals surface area contributed by atoms with Crippen LogP contribution in [-0.2, 0) is 6.54 Å². The van der Waals surface area contributed by atoms with Crippen LogP contribution in [0.5, 0.6) is 0 Å². The number of quaternary nitrogens is 2. The van der Waals surface area contributed by atoms with Crippen LogP contribution >= 0.6 is 23.2 Å². The Morgan fingerprint density at radius 1 is 1.06 bits per heavy atom. The Bertz CT molecular complexity index is 393. The quantitative estimate of drug-likeness (QED) is 0.671. The van der Waals surface area contributed by atoms with Gasteiger partial charge in [0.1, 0.15) is 39.3 Å². The zero-order valence-corrected chi connectivity index (χ0v) is 11.9. The zero-order valence-electron chi connectivity index (χ0n) is 10.4. The van der Waals surface area contributed by atoms with Gasteiger partial charge < -0.3 is 14.9 Å². The summed E-state index contributed by atoms with van der Waals surface area (Å²) in [6, 6.07) is 5.83. The highest BCUT2D eigenvalue weighted by atomic mass is 35.5. The number of nitrogens with one attached hydrogen (secondary N) is 2. The Labute approximate surface area is 118 Å². The summed E-state index contributed by atoms with van der Waals surface area (Å²) >= 11 is 12.2. The van der Waals surface area contributed by atoms with E-state index in [1.165, 1.54) is 4.90 Å². The van der Waals surface area contributed by atoms with Gasteiger partial charge in [0.05, 0.1) is 16.7 Å². The molecule has 5 heteroatoms. The summed E-state index contributed by atoms with van der Waals surface area (Å²) < 4.78 is 0. The number of aliphatic hydroxyl groups is 1. The van der Waals surface area contributed by atoms with Gasteiger partial charge in [-0.1, -0.05) is 35.3 Å². The third-order valence-corrected chi connectivity index (χ3v) is 4.46. The Hall–Kier alpha value is -0.320. The van der Waals surface area contributed by atoms with Crippen molar-refractivity contribution >= 4 is 23.2 Å². The monoisotopic (exact) mass is 290 g/mol. The molecule has 0 bridgehead atoms. The molecule has 0 amide bonds. The highest BCUT2D eigenvalue weighted by Crippen LogP contribution is 2.24. The van der Waals surface area contributed by atoms with Gasteiger partial charge in [-0.3, -0.25) is 0 Å². The molecule has 0 aliphatic carbocycles. The molecule has 18 heavy (non-hydrogen) atoms. The van der Waals surface area contributed by atoms with Gasteiger partial charge in [-0.15, -0.1) is 0 Å². The van der Waals surface area contributed by atoms with E-state index in [0.29, 0.717) is 10.0 Å². The van der Waals surface area contributed by atoms with E-state index in [2.05, 4.69) is 0 Å². The van der Waals surface area contributed by atoms with Crippen LogP contribution in [0.25, 0.3) is 0 Å². The van der Waals surface area contributed by atoms with E-state index in [1.54, 1.807) is 4.90 Å². The van der Waals surface area contributed by atoms with E-state index in [-0.39, 0.29) is 6.61 Å². The highest BCUT2D eigenvalue weighted by molar-refractivity contribution is 6.42. The first-order chi connectivity index (χ1) is 8.70. The van der Waals surface area contributed by atoms with Crippen molar-refractivity contribution in [2.24, 2.45) is 0 Å². The maximum Gasteiger partial charge on any atom is 0.127 e. The minimum atomic E-state index is 0.283. The summed E-state index contributed by atoms with van der Waals surface area (Å²) in [5, 5.41) is 10.3. The van der Waals surface area contributed by atoms with Gasteiger partial charge in [-0.25, -0.2) is 0 Å². The average Bonchev–Trinajstić information content (AvgIpc) is 2.38. The molecule has 0 saturated carbocycles. The lowest BCUT2D eigenvalue weighted by atomic mass is 10.2. The second kappa shape index (κ2) is 6.73. The summed E-state index contributed by atoms with van der Waals surface area (Å²) in [5.41, 5.74) is 1.13. The summed E-state index contributed by atoms with van der Waals surface area (Å²) in [6.45, 7) is 6.57. The normalized spacial score (nSPS) is 24.2. The lowest BCUT2D eigenvalue weighted by molar-refractivity contribution is -1.02. The molecule has 1 heterocycles. The fourth-order valence-corrected chi connectivity index (χ4v) is 2.88. The lowest BCUT2D eigenvalue weighted by Crippen LogP contribution is -3.27. The number of hydrogen-bond donors (Lipinski definition) is 3. The van der Waals surface area contributed by atoms with Gasteiger partial charge in [0, 0.05) is 5.56 Å². The van der Waals surface area contributed by atoms with Gasteiger partial charge in [-0.05, 0) is 6.07 Å². The fourth-order valence-electron chi connectivity index (χ4n) is 2.50. The van der Waals surface area contributed by atoms with E-state index in [9.17, 15) is 0 Å². The first-order valence-electron chi connectivity index (χ1n) is 6.41. The number of hydrogen-bond acceptors (Lipinski definition) is 1. The first kappa shape index (κ1) is 14.1. The van der Waals surface area contributed by atoms with Gasteiger partial charge >= 0.3 is 0 Å². The molecule has 3 N–H and O–H groups in total. The lowest BCUT2D eigenvalue weighted by Gasteiger charge is -2.29. The zero-order chi connectivity index (χ0) is 13.0. The van der Waals surface area contributed by atoms with Crippen molar-refractivity contribution < 1.29 is 14.9 Å². The number of halogens is 2. The van der Waals surface area contributed by atoms with Crippen LogP contribution in [0.4, 0.5) is 0 Å². The molecule has 3 nitrogen and oxygen atoms in total. The third-order valence-electron chi connectivity index (χ3n) is 3.60. The maximum absolute atomic E-state index is 8.93. The average molecular weight is 291 g/mol. The molecule has 1 fully saturated rings. The van der Waals surface area contributed by atoms with Crippen molar-refractivity contribution in [3.63, 3.8) is 0 Å². The molecule has 0 aromatic heterocycles. The van der Waals surface area contributed by atoms with Crippen LogP contribution in [0, 0.1) is 0 Å². The fraction of sp³-hybridized carbons (Fsp3) is 0.538. The van der Waals surface area contributed by atoms with Crippen LogP contribution in [-0.4, -0.2) is 44.4 Å². The molecular weight excluding hydrogens is 271 g/mol. The van der Waals surface area contributed by atoms with E-state index in [4.69, 9.17) is 28.3 Å². The molecule has 100 valence electrons. The molecule has 1 saturated heterocycles. The topological polar surface area (TPSA) is 29.1 Å². The Kier molecular flexibility index (Phi) is 5.27. The van der Waals surface area contributed by atoms with Crippen LogP contribution < -0.4 is 9.80 Å². The van der Waals surface area contributed by atoms with E-state index in [0.717, 1.165) is 44.8 Å². The van der Waals surface area contributed by atoms with Gasteiger partial charge in [-0.2, -0.15) is 0 Å². The largest absolute Gasteiger partial charge is 0.391 e. The van der Waals surface area contributed by atoms with Gasteiger partial charge in [0.25, 0.3) is 0 Å². The van der Waals surface area contributed by atoms with Crippen LogP contribution in [0.2, 0.25) is 10.0 Å².